The van der Waals surface area contributed by atoms with Crippen LogP contribution in [0.5, 0.6) is 5.75 Å². The molecule has 1 unspecified atom stereocenters. The minimum Gasteiger partial charge on any atom is -0.497 e. The van der Waals surface area contributed by atoms with Gasteiger partial charge >= 0.3 is 0 Å². The minimum absolute atomic E-state index is 0.310. The van der Waals surface area contributed by atoms with Crippen molar-refractivity contribution < 1.29 is 4.74 Å². The highest BCUT2D eigenvalue weighted by atomic mass is 32.2. The van der Waals surface area contributed by atoms with E-state index in [-0.39, 0.29) is 0 Å². The Kier molecular flexibility index (Phi) is 4.15. The third-order valence-electron chi connectivity index (χ3n) is 3.98. The second-order valence-corrected chi connectivity index (χ2v) is 7.23. The number of hydrogen-bond acceptors (Lipinski definition) is 5. The number of rotatable bonds is 3. The van der Waals surface area contributed by atoms with E-state index in [2.05, 4.69) is 17.0 Å². The van der Waals surface area contributed by atoms with Crippen LogP contribution in [0.4, 0.5) is 5.69 Å². The van der Waals surface area contributed by atoms with Gasteiger partial charge in [-0.25, -0.2) is 0 Å². The summed E-state index contributed by atoms with van der Waals surface area (Å²) in [6.45, 7) is 0. The van der Waals surface area contributed by atoms with E-state index in [1.54, 1.807) is 7.11 Å². The van der Waals surface area contributed by atoms with Crippen LogP contribution in [0, 0.1) is 0 Å². The van der Waals surface area contributed by atoms with Crippen molar-refractivity contribution in [2.45, 2.75) is 47.7 Å². The van der Waals surface area contributed by atoms with Crippen molar-refractivity contribution in [1.82, 2.24) is 0 Å². The van der Waals surface area contributed by atoms with Crippen LogP contribution in [-0.2, 0) is 0 Å². The van der Waals surface area contributed by atoms with Crippen molar-refractivity contribution in [1.29, 1.82) is 0 Å². The van der Waals surface area contributed by atoms with Crippen LogP contribution in [0.3, 0.4) is 0 Å². The van der Waals surface area contributed by atoms with Gasteiger partial charge < -0.3 is 9.64 Å². The monoisotopic (exact) mass is 296 g/mol. The Morgan fingerprint density at radius 1 is 1.32 bits per heavy atom. The maximum atomic E-state index is 5.90. The molecule has 1 aromatic carbocycles. The van der Waals surface area contributed by atoms with Gasteiger partial charge in [-0.3, -0.25) is 5.14 Å². The number of nitrogens with zero attached hydrogens (tertiary/aromatic N) is 1. The second-order valence-electron chi connectivity index (χ2n) is 5.09. The van der Waals surface area contributed by atoms with E-state index in [1.807, 2.05) is 17.8 Å². The summed E-state index contributed by atoms with van der Waals surface area (Å²) in [5.41, 5.74) is 1.30. The van der Waals surface area contributed by atoms with Crippen LogP contribution < -0.4 is 14.8 Å². The molecule has 19 heavy (non-hydrogen) atoms. The Hall–Kier alpha value is -0.520. The highest BCUT2D eigenvalue weighted by Crippen LogP contribution is 2.50. The highest BCUT2D eigenvalue weighted by molar-refractivity contribution is 8.16. The van der Waals surface area contributed by atoms with Gasteiger partial charge in [-0.15, -0.1) is 0 Å². The number of ether oxygens (including phenoxy) is 1. The Bertz CT molecular complexity index is 449. The van der Waals surface area contributed by atoms with Gasteiger partial charge in [0, 0.05) is 17.0 Å². The molecule has 104 valence electrons. The molecule has 2 aliphatic rings. The van der Waals surface area contributed by atoms with Gasteiger partial charge in [0.2, 0.25) is 0 Å². The first-order chi connectivity index (χ1) is 9.33. The zero-order valence-corrected chi connectivity index (χ0v) is 12.8. The quantitative estimate of drug-likeness (QED) is 0.858. The molecule has 0 saturated heterocycles. The Morgan fingerprint density at radius 3 is 2.79 bits per heavy atom. The molecule has 1 aromatic rings. The molecule has 2 N–H and O–H groups in total. The number of hydrogen-bond donors (Lipinski definition) is 1. The third kappa shape index (κ3) is 2.56. The molecule has 0 radical (unpaired) electrons. The number of thioether (sulfide) groups is 1. The lowest BCUT2D eigenvalue weighted by atomic mass is 9.94. The maximum absolute atomic E-state index is 5.90. The zero-order chi connectivity index (χ0) is 13.2. The van der Waals surface area contributed by atoms with E-state index < -0.39 is 0 Å². The molecule has 0 spiro atoms. The molecule has 3 nitrogen and oxygen atoms in total. The van der Waals surface area contributed by atoms with Crippen LogP contribution in [0.15, 0.2) is 23.1 Å². The highest BCUT2D eigenvalue weighted by Gasteiger charge is 2.35. The lowest BCUT2D eigenvalue weighted by molar-refractivity contribution is 0.411. The van der Waals surface area contributed by atoms with Crippen molar-refractivity contribution in [3.63, 3.8) is 0 Å². The van der Waals surface area contributed by atoms with E-state index in [1.165, 1.54) is 54.6 Å². The van der Waals surface area contributed by atoms with Gasteiger partial charge in [-0.2, -0.15) is 0 Å². The van der Waals surface area contributed by atoms with E-state index in [9.17, 15) is 0 Å². The maximum Gasteiger partial charge on any atom is 0.141 e. The number of fused-ring (bicyclic) bond motifs is 1. The molecule has 1 heterocycles. The zero-order valence-electron chi connectivity index (χ0n) is 11.2. The molecule has 1 saturated carbocycles. The fourth-order valence-corrected chi connectivity index (χ4v) is 5.02. The van der Waals surface area contributed by atoms with Gasteiger partial charge in [-0.1, -0.05) is 31.0 Å². The van der Waals surface area contributed by atoms with Crippen molar-refractivity contribution in [2.24, 2.45) is 5.14 Å². The topological polar surface area (TPSA) is 38.5 Å². The Labute approximate surface area is 123 Å². The van der Waals surface area contributed by atoms with Crippen LogP contribution in [0.2, 0.25) is 0 Å². The number of benzene rings is 1. The van der Waals surface area contributed by atoms with Gasteiger partial charge in [-0.05, 0) is 36.9 Å². The van der Waals surface area contributed by atoms with Crippen molar-refractivity contribution >= 4 is 29.4 Å². The molecule has 1 aliphatic heterocycles. The Balaban J connectivity index is 1.92. The van der Waals surface area contributed by atoms with Gasteiger partial charge in [0.1, 0.15) is 10.5 Å². The molecule has 0 bridgehead atoms. The van der Waals surface area contributed by atoms with Crippen LogP contribution in [0.25, 0.3) is 0 Å². The average Bonchev–Trinajstić information content (AvgIpc) is 2.85. The number of nitrogens with two attached hydrogens (primary N) is 1. The van der Waals surface area contributed by atoms with Crippen LogP contribution in [0.1, 0.15) is 32.1 Å². The SMILES string of the molecule is COc1ccc2c(c1)N(C1CCCCC1)C(SN)S2. The first-order valence-electron chi connectivity index (χ1n) is 6.82. The van der Waals surface area contributed by atoms with Gasteiger partial charge in [0.05, 0.1) is 12.8 Å². The number of anilines is 1. The summed E-state index contributed by atoms with van der Waals surface area (Å²) in [4.78, 5) is 3.85. The van der Waals surface area contributed by atoms with Gasteiger partial charge in [0.15, 0.2) is 0 Å². The van der Waals surface area contributed by atoms with Crippen LogP contribution in [-0.4, -0.2) is 17.9 Å². The predicted octanol–water partition coefficient (Wildman–Crippen LogP) is 3.83. The lowest BCUT2D eigenvalue weighted by Gasteiger charge is -2.36. The van der Waals surface area contributed by atoms with Crippen LogP contribution >= 0.6 is 23.7 Å². The first-order valence-corrected chi connectivity index (χ1v) is 8.64. The smallest absolute Gasteiger partial charge is 0.141 e. The van der Waals surface area contributed by atoms with E-state index in [0.717, 1.165) is 5.75 Å². The average molecular weight is 296 g/mol. The Morgan fingerprint density at radius 2 is 2.11 bits per heavy atom. The largest absolute Gasteiger partial charge is 0.497 e. The minimum atomic E-state index is 0.310. The molecule has 0 amide bonds. The predicted molar refractivity (Wildman–Crippen MR) is 83.8 cm³/mol. The summed E-state index contributed by atoms with van der Waals surface area (Å²) >= 11 is 3.32. The molecular formula is C14H20N2OS2. The molecule has 1 atom stereocenters. The lowest BCUT2D eigenvalue weighted by Crippen LogP contribution is -2.39. The summed E-state index contributed by atoms with van der Waals surface area (Å²) in [6, 6.07) is 6.99. The molecule has 1 aliphatic carbocycles. The first kappa shape index (κ1) is 13.5. The summed E-state index contributed by atoms with van der Waals surface area (Å²) in [7, 11) is 1.73. The third-order valence-corrected chi connectivity index (χ3v) is 6.09. The normalized spacial score (nSPS) is 23.5. The fraction of sp³-hybridized carbons (Fsp3) is 0.571. The summed E-state index contributed by atoms with van der Waals surface area (Å²) < 4.78 is 5.68. The molecule has 5 heteroatoms. The fourth-order valence-electron chi connectivity index (χ4n) is 3.03. The summed E-state index contributed by atoms with van der Waals surface area (Å²) in [6.07, 6.45) is 6.63. The van der Waals surface area contributed by atoms with Crippen molar-refractivity contribution in [3.8, 4) is 5.75 Å². The van der Waals surface area contributed by atoms with E-state index in [4.69, 9.17) is 9.88 Å². The standard InChI is InChI=1S/C14H20N2OS2/c1-17-11-7-8-13-12(9-11)16(14(18-13)19-15)10-5-3-2-4-6-10/h7-10,14H,2-6,15H2,1H3. The van der Waals surface area contributed by atoms with Gasteiger partial charge in [0.25, 0.3) is 0 Å². The molecule has 3 rings (SSSR count). The summed E-state index contributed by atoms with van der Waals surface area (Å²) in [5.74, 6) is 0.933. The number of methoxy groups -OCH3 is 1. The molecule has 1 fully saturated rings. The van der Waals surface area contributed by atoms with E-state index in [0.29, 0.717) is 10.7 Å². The van der Waals surface area contributed by atoms with Crippen molar-refractivity contribution in [2.75, 3.05) is 12.0 Å². The van der Waals surface area contributed by atoms with E-state index >= 15 is 0 Å². The van der Waals surface area contributed by atoms with Crippen molar-refractivity contribution in [3.05, 3.63) is 18.2 Å². The summed E-state index contributed by atoms with van der Waals surface area (Å²) in [5, 5.41) is 5.90. The molecular weight excluding hydrogens is 276 g/mol. The molecule has 0 aromatic heterocycles. The second kappa shape index (κ2) is 5.85.